The maximum Gasteiger partial charge on any atom is 0.251 e. The quantitative estimate of drug-likeness (QED) is 0.533. The molecule has 192 valence electrons. The number of aryl methyl sites for hydroxylation is 1. The van der Waals surface area contributed by atoms with Crippen LogP contribution in [0.15, 0.2) is 28.5 Å². The molecule has 0 radical (unpaired) electrons. The highest BCUT2D eigenvalue weighted by Crippen LogP contribution is 2.43. The molecule has 3 heterocycles. The summed E-state index contributed by atoms with van der Waals surface area (Å²) < 4.78 is 30.7. The van der Waals surface area contributed by atoms with Crippen molar-refractivity contribution < 1.29 is 8.78 Å². The predicted molar refractivity (Wildman–Crippen MR) is 136 cm³/mol. The fraction of sp³-hybridized carbons (Fsp3) is 0.667. The minimum Gasteiger partial charge on any atom is -0.375 e. The average molecular weight is 496 g/mol. The molecule has 3 saturated carbocycles. The standard InChI is InChI=1S/C27H35F2N7/c1-16(23-25(19-10-11-19)31-15-30-23)32-24(20-9-6-12-27(28,29)13-20)21-14-36-26(33-21)34-22(17(2)35-36)18-7-4-3-5-8-18/h14,18-20,24,32H,1,3-13,15H2,2H3. The lowest BCUT2D eigenvalue weighted by Gasteiger charge is -2.35. The number of fused-ring (bicyclic) bond motifs is 1. The summed E-state index contributed by atoms with van der Waals surface area (Å²) in [5.41, 5.74) is 5.08. The maximum atomic E-state index is 14.5. The van der Waals surface area contributed by atoms with E-state index in [1.165, 1.54) is 19.3 Å². The van der Waals surface area contributed by atoms with Crippen LogP contribution in [-0.2, 0) is 0 Å². The second kappa shape index (κ2) is 9.30. The molecule has 0 saturated heterocycles. The molecule has 0 spiro atoms. The summed E-state index contributed by atoms with van der Waals surface area (Å²) >= 11 is 0. The van der Waals surface area contributed by atoms with Gasteiger partial charge < -0.3 is 5.32 Å². The van der Waals surface area contributed by atoms with Gasteiger partial charge in [-0.15, -0.1) is 0 Å². The van der Waals surface area contributed by atoms with Crippen molar-refractivity contribution in [2.75, 3.05) is 6.67 Å². The fourth-order valence-corrected chi connectivity index (χ4v) is 6.29. The van der Waals surface area contributed by atoms with E-state index >= 15 is 0 Å². The number of imidazole rings is 1. The lowest BCUT2D eigenvalue weighted by atomic mass is 9.80. The summed E-state index contributed by atoms with van der Waals surface area (Å²) in [5.74, 6) is -1.54. The highest BCUT2D eigenvalue weighted by Gasteiger charge is 2.41. The summed E-state index contributed by atoms with van der Waals surface area (Å²) in [6.45, 7) is 6.68. The van der Waals surface area contributed by atoms with Gasteiger partial charge in [0.05, 0.1) is 40.7 Å². The molecule has 4 aliphatic rings. The molecule has 2 aromatic rings. The van der Waals surface area contributed by atoms with Crippen LogP contribution in [0.2, 0.25) is 0 Å². The molecule has 0 amide bonds. The summed E-state index contributed by atoms with van der Waals surface area (Å²) in [7, 11) is 0. The van der Waals surface area contributed by atoms with Gasteiger partial charge >= 0.3 is 0 Å². The van der Waals surface area contributed by atoms with Crippen LogP contribution in [0.3, 0.4) is 0 Å². The number of alkyl halides is 2. The van der Waals surface area contributed by atoms with Gasteiger partial charge in [-0.1, -0.05) is 25.8 Å². The number of hydrogen-bond donors (Lipinski definition) is 1. The minimum atomic E-state index is -2.67. The number of aliphatic imine (C=N–C) groups is 2. The van der Waals surface area contributed by atoms with Crippen LogP contribution in [0, 0.1) is 18.8 Å². The Morgan fingerprint density at radius 3 is 2.61 bits per heavy atom. The molecule has 1 N–H and O–H groups in total. The van der Waals surface area contributed by atoms with Crippen molar-refractivity contribution in [2.45, 2.75) is 95.4 Å². The molecule has 3 aliphatic carbocycles. The third-order valence-electron chi connectivity index (χ3n) is 8.29. The Labute approximate surface area is 210 Å². The van der Waals surface area contributed by atoms with Gasteiger partial charge in [-0.3, -0.25) is 9.98 Å². The number of nitrogens with zero attached hydrogens (tertiary/aromatic N) is 6. The monoisotopic (exact) mass is 495 g/mol. The SMILES string of the molecule is C=C(NC(c1cn2nc(C)c(C3CCCCC3)nc2n1)C1CCCC(F)(F)C1)C1=NCN=C1C1CC1. The molecule has 0 aromatic carbocycles. The van der Waals surface area contributed by atoms with Crippen molar-refractivity contribution in [3.8, 4) is 0 Å². The first kappa shape index (κ1) is 23.7. The lowest BCUT2D eigenvalue weighted by Crippen LogP contribution is -2.37. The molecule has 7 nitrogen and oxygen atoms in total. The highest BCUT2D eigenvalue weighted by atomic mass is 19.3. The third-order valence-corrected chi connectivity index (χ3v) is 8.29. The highest BCUT2D eigenvalue weighted by molar-refractivity contribution is 6.50. The summed E-state index contributed by atoms with van der Waals surface area (Å²) in [6, 6.07) is -0.422. The van der Waals surface area contributed by atoms with Gasteiger partial charge in [-0.05, 0) is 51.4 Å². The second-order valence-corrected chi connectivity index (χ2v) is 11.1. The molecule has 2 aromatic heterocycles. The van der Waals surface area contributed by atoms with Crippen LogP contribution < -0.4 is 5.32 Å². The van der Waals surface area contributed by atoms with Crippen LogP contribution in [0.5, 0.6) is 0 Å². The first-order valence-electron chi connectivity index (χ1n) is 13.5. The van der Waals surface area contributed by atoms with Crippen LogP contribution >= 0.6 is 0 Å². The summed E-state index contributed by atoms with van der Waals surface area (Å²) in [4.78, 5) is 18.9. The van der Waals surface area contributed by atoms with E-state index in [9.17, 15) is 8.78 Å². The van der Waals surface area contributed by atoms with Gasteiger partial charge in [0.2, 0.25) is 5.92 Å². The summed E-state index contributed by atoms with van der Waals surface area (Å²) in [6.07, 6.45) is 11.0. The molecule has 9 heteroatoms. The van der Waals surface area contributed by atoms with E-state index in [1.54, 1.807) is 4.52 Å². The first-order chi connectivity index (χ1) is 17.4. The van der Waals surface area contributed by atoms with E-state index in [1.807, 2.05) is 13.1 Å². The van der Waals surface area contributed by atoms with E-state index in [2.05, 4.69) is 21.9 Å². The minimum absolute atomic E-state index is 0.0550. The van der Waals surface area contributed by atoms with Crippen molar-refractivity contribution >= 4 is 17.2 Å². The van der Waals surface area contributed by atoms with E-state index in [-0.39, 0.29) is 18.8 Å². The maximum absolute atomic E-state index is 14.5. The predicted octanol–water partition coefficient (Wildman–Crippen LogP) is 5.71. The molecular weight excluding hydrogens is 460 g/mol. The molecule has 3 fully saturated rings. The number of rotatable bonds is 7. The van der Waals surface area contributed by atoms with E-state index in [0.29, 0.717) is 48.5 Å². The number of allylic oxidation sites excluding steroid dienone is 1. The van der Waals surface area contributed by atoms with Crippen molar-refractivity contribution in [2.24, 2.45) is 21.8 Å². The number of nitrogens with one attached hydrogen (secondary N) is 1. The number of halogens is 2. The molecule has 6 rings (SSSR count). The van der Waals surface area contributed by atoms with Crippen LogP contribution in [0.4, 0.5) is 8.78 Å². The number of aromatic nitrogens is 4. The van der Waals surface area contributed by atoms with Crippen LogP contribution in [-0.4, -0.2) is 43.6 Å². The van der Waals surface area contributed by atoms with Crippen molar-refractivity contribution in [3.05, 3.63) is 35.6 Å². The molecule has 2 unspecified atom stereocenters. The van der Waals surface area contributed by atoms with E-state index < -0.39 is 12.0 Å². The Hall–Kier alpha value is -2.71. The topological polar surface area (TPSA) is 79.8 Å². The Kier molecular flexibility index (Phi) is 6.12. The number of hydrogen-bond acceptors (Lipinski definition) is 6. The molecule has 1 aliphatic heterocycles. The molecular formula is C27H35F2N7. The molecule has 0 bridgehead atoms. The zero-order valence-corrected chi connectivity index (χ0v) is 21.0. The van der Waals surface area contributed by atoms with E-state index in [4.69, 9.17) is 15.1 Å². The van der Waals surface area contributed by atoms with E-state index in [0.717, 1.165) is 48.5 Å². The second-order valence-electron chi connectivity index (χ2n) is 11.1. The Bertz CT molecular complexity index is 1220. The van der Waals surface area contributed by atoms with Crippen LogP contribution in [0.1, 0.15) is 99.7 Å². The Morgan fingerprint density at radius 2 is 1.86 bits per heavy atom. The first-order valence-corrected chi connectivity index (χ1v) is 13.5. The van der Waals surface area contributed by atoms with Gasteiger partial charge in [-0.25, -0.2) is 23.3 Å². The molecule has 2 atom stereocenters. The third kappa shape index (κ3) is 4.68. The van der Waals surface area contributed by atoms with Crippen molar-refractivity contribution in [1.82, 2.24) is 24.9 Å². The van der Waals surface area contributed by atoms with Gasteiger partial charge in [0.25, 0.3) is 5.78 Å². The largest absolute Gasteiger partial charge is 0.375 e. The lowest BCUT2D eigenvalue weighted by molar-refractivity contribution is -0.0579. The summed E-state index contributed by atoms with van der Waals surface area (Å²) in [5, 5.41) is 8.26. The molecule has 36 heavy (non-hydrogen) atoms. The fourth-order valence-electron chi connectivity index (χ4n) is 6.29. The zero-order chi connectivity index (χ0) is 24.9. The van der Waals surface area contributed by atoms with Gasteiger partial charge in [-0.2, -0.15) is 5.10 Å². The Morgan fingerprint density at radius 1 is 1.06 bits per heavy atom. The van der Waals surface area contributed by atoms with Gasteiger partial charge in [0.15, 0.2) is 0 Å². The average Bonchev–Trinajstić information content (AvgIpc) is 3.43. The Balaban J connectivity index is 1.32. The van der Waals surface area contributed by atoms with Gasteiger partial charge in [0, 0.05) is 24.7 Å². The normalized spacial score (nSPS) is 25.5. The van der Waals surface area contributed by atoms with Crippen molar-refractivity contribution in [1.29, 1.82) is 0 Å². The van der Waals surface area contributed by atoms with Crippen LogP contribution in [0.25, 0.3) is 5.78 Å². The van der Waals surface area contributed by atoms with Gasteiger partial charge in [0.1, 0.15) is 12.4 Å². The smallest absolute Gasteiger partial charge is 0.251 e. The van der Waals surface area contributed by atoms with Crippen molar-refractivity contribution in [3.63, 3.8) is 0 Å². The zero-order valence-electron chi connectivity index (χ0n) is 21.0.